The highest BCUT2D eigenvalue weighted by atomic mass is 16.6. The van der Waals surface area contributed by atoms with Gasteiger partial charge in [0, 0.05) is 19.3 Å². The van der Waals surface area contributed by atoms with E-state index in [1.165, 1.54) is 238 Å². The molecule has 0 saturated carbocycles. The van der Waals surface area contributed by atoms with Crippen molar-refractivity contribution in [1.82, 2.24) is 0 Å². The zero-order chi connectivity index (χ0) is 49.6. The van der Waals surface area contributed by atoms with Gasteiger partial charge in [-0.2, -0.15) is 0 Å². The van der Waals surface area contributed by atoms with Gasteiger partial charge in [0.15, 0.2) is 6.10 Å². The number of carbonyl (C=O) groups is 3. The lowest BCUT2D eigenvalue weighted by Crippen LogP contribution is -2.30. The molecule has 0 radical (unpaired) electrons. The van der Waals surface area contributed by atoms with E-state index in [2.05, 4.69) is 34.6 Å². The molecule has 1 atom stereocenters. The molecule has 0 N–H and O–H groups in total. The molecule has 404 valence electrons. The minimum absolute atomic E-state index is 0.0623. The molecule has 68 heavy (non-hydrogen) atoms. The second kappa shape index (κ2) is 54.7. The molecule has 6 nitrogen and oxygen atoms in total. The molecule has 0 aliphatic heterocycles. The van der Waals surface area contributed by atoms with E-state index in [1.807, 2.05) is 0 Å². The van der Waals surface area contributed by atoms with Crippen LogP contribution in [-0.2, 0) is 28.6 Å². The monoisotopic (exact) mass is 961 g/mol. The Hall–Kier alpha value is -1.59. The van der Waals surface area contributed by atoms with Gasteiger partial charge in [-0.05, 0) is 31.1 Å². The van der Waals surface area contributed by atoms with Gasteiger partial charge in [0.25, 0.3) is 0 Å². The van der Waals surface area contributed by atoms with Crippen molar-refractivity contribution in [1.29, 1.82) is 0 Å². The Morgan fingerprint density at radius 1 is 0.279 bits per heavy atom. The number of hydrogen-bond donors (Lipinski definition) is 0. The fourth-order valence-electron chi connectivity index (χ4n) is 9.58. The van der Waals surface area contributed by atoms with Gasteiger partial charge in [-0.1, -0.05) is 311 Å². The molecule has 0 rings (SSSR count). The van der Waals surface area contributed by atoms with Gasteiger partial charge in [-0.15, -0.1) is 0 Å². The van der Waals surface area contributed by atoms with Crippen molar-refractivity contribution >= 4 is 17.9 Å². The quantitative estimate of drug-likeness (QED) is 0.0343. The highest BCUT2D eigenvalue weighted by Crippen LogP contribution is 2.19. The maximum absolute atomic E-state index is 12.9. The Labute approximate surface area is 425 Å². The van der Waals surface area contributed by atoms with Crippen molar-refractivity contribution in [3.8, 4) is 0 Å². The van der Waals surface area contributed by atoms with Crippen molar-refractivity contribution in [3.05, 3.63) is 0 Å². The van der Waals surface area contributed by atoms with Gasteiger partial charge >= 0.3 is 17.9 Å². The van der Waals surface area contributed by atoms with Gasteiger partial charge in [0.1, 0.15) is 13.2 Å². The van der Waals surface area contributed by atoms with Gasteiger partial charge in [0.05, 0.1) is 0 Å². The summed E-state index contributed by atoms with van der Waals surface area (Å²) in [4.78, 5) is 38.2. The van der Waals surface area contributed by atoms with Crippen LogP contribution >= 0.6 is 0 Å². The fourth-order valence-corrected chi connectivity index (χ4v) is 9.58. The third-order valence-corrected chi connectivity index (χ3v) is 14.2. The highest BCUT2D eigenvalue weighted by Gasteiger charge is 2.19. The van der Waals surface area contributed by atoms with E-state index in [0.29, 0.717) is 19.3 Å². The van der Waals surface area contributed by atoms with Crippen LogP contribution in [0, 0.1) is 11.8 Å². The number of rotatable bonds is 56. The summed E-state index contributed by atoms with van der Waals surface area (Å²) in [5, 5.41) is 0. The average molecular weight is 962 g/mol. The summed E-state index contributed by atoms with van der Waals surface area (Å²) in [7, 11) is 0. The molecule has 0 amide bonds. The smallest absolute Gasteiger partial charge is 0.306 e. The van der Waals surface area contributed by atoms with Gasteiger partial charge in [0.2, 0.25) is 0 Å². The largest absolute Gasteiger partial charge is 0.462 e. The first kappa shape index (κ1) is 66.4. The van der Waals surface area contributed by atoms with E-state index in [9.17, 15) is 14.4 Å². The Balaban J connectivity index is 4.25. The Kier molecular flexibility index (Phi) is 53.5. The third-order valence-electron chi connectivity index (χ3n) is 14.2. The van der Waals surface area contributed by atoms with Gasteiger partial charge in [-0.25, -0.2) is 0 Å². The second-order valence-corrected chi connectivity index (χ2v) is 22.3. The normalized spacial score (nSPS) is 12.0. The number of hydrogen-bond acceptors (Lipinski definition) is 6. The molecule has 0 spiro atoms. The number of ether oxygens (including phenoxy) is 3. The number of unbranched alkanes of at least 4 members (excludes halogenated alkanes) is 41. The predicted molar refractivity (Wildman–Crippen MR) is 293 cm³/mol. The zero-order valence-corrected chi connectivity index (χ0v) is 46.7. The topological polar surface area (TPSA) is 78.9 Å². The van der Waals surface area contributed by atoms with Crippen LogP contribution in [0.25, 0.3) is 0 Å². The van der Waals surface area contributed by atoms with Gasteiger partial charge < -0.3 is 14.2 Å². The van der Waals surface area contributed by atoms with Crippen LogP contribution < -0.4 is 0 Å². The second-order valence-electron chi connectivity index (χ2n) is 22.3. The summed E-state index contributed by atoms with van der Waals surface area (Å²) < 4.78 is 16.9. The standard InChI is InChI=1S/C62H120O6/c1-6-7-8-9-10-11-12-13-18-22-27-32-37-42-47-52-60(63)66-55-59(68-62(65)54-49-44-39-34-29-24-26-31-36-41-46-51-58(4)5)56-67-61(64)53-48-43-38-33-28-23-20-17-15-14-16-19-21-25-30-35-40-45-50-57(2)3/h57-59H,6-56H2,1-5H3/t59-/m0/s1. The minimum Gasteiger partial charge on any atom is -0.462 e. The molecule has 0 aromatic carbocycles. The van der Waals surface area contributed by atoms with E-state index in [4.69, 9.17) is 14.2 Å². The van der Waals surface area contributed by atoms with Crippen molar-refractivity contribution in [3.63, 3.8) is 0 Å². The summed E-state index contributed by atoms with van der Waals surface area (Å²) in [6, 6.07) is 0. The van der Waals surface area contributed by atoms with Gasteiger partial charge in [-0.3, -0.25) is 14.4 Å². The number of esters is 3. The molecular formula is C62H120O6. The van der Waals surface area contributed by atoms with Crippen LogP contribution in [0.5, 0.6) is 0 Å². The first-order chi connectivity index (χ1) is 33.2. The highest BCUT2D eigenvalue weighted by molar-refractivity contribution is 5.71. The van der Waals surface area contributed by atoms with E-state index in [1.54, 1.807) is 0 Å². The lowest BCUT2D eigenvalue weighted by Gasteiger charge is -2.18. The molecular weight excluding hydrogens is 841 g/mol. The van der Waals surface area contributed by atoms with Crippen molar-refractivity contribution < 1.29 is 28.6 Å². The summed E-state index contributed by atoms with van der Waals surface area (Å²) >= 11 is 0. The van der Waals surface area contributed by atoms with Crippen LogP contribution in [0.3, 0.4) is 0 Å². The lowest BCUT2D eigenvalue weighted by molar-refractivity contribution is -0.167. The first-order valence-corrected chi connectivity index (χ1v) is 30.7. The summed E-state index contributed by atoms with van der Waals surface area (Å²) in [6.45, 7) is 11.4. The van der Waals surface area contributed by atoms with E-state index in [0.717, 1.165) is 69.6 Å². The molecule has 0 aromatic heterocycles. The third kappa shape index (κ3) is 55.3. The van der Waals surface area contributed by atoms with Crippen LogP contribution in [-0.4, -0.2) is 37.2 Å². The van der Waals surface area contributed by atoms with Crippen LogP contribution in [0.4, 0.5) is 0 Å². The molecule has 0 unspecified atom stereocenters. The molecule has 0 aliphatic rings. The summed E-state index contributed by atoms with van der Waals surface area (Å²) in [5.74, 6) is 0.849. The first-order valence-electron chi connectivity index (χ1n) is 30.7. The fraction of sp³-hybridized carbons (Fsp3) is 0.952. The maximum Gasteiger partial charge on any atom is 0.306 e. The van der Waals surface area contributed by atoms with E-state index in [-0.39, 0.29) is 31.1 Å². The lowest BCUT2D eigenvalue weighted by atomic mass is 10.0. The summed E-state index contributed by atoms with van der Waals surface area (Å²) in [5.41, 5.74) is 0. The Morgan fingerprint density at radius 3 is 0.721 bits per heavy atom. The maximum atomic E-state index is 12.9. The molecule has 0 aliphatic carbocycles. The van der Waals surface area contributed by atoms with Crippen LogP contribution in [0.15, 0.2) is 0 Å². The van der Waals surface area contributed by atoms with E-state index >= 15 is 0 Å². The van der Waals surface area contributed by atoms with Crippen LogP contribution in [0.2, 0.25) is 0 Å². The molecule has 0 fully saturated rings. The van der Waals surface area contributed by atoms with Crippen molar-refractivity contribution in [2.45, 2.75) is 355 Å². The predicted octanol–water partition coefficient (Wildman–Crippen LogP) is 20.4. The Bertz CT molecular complexity index is 1040. The molecule has 0 aromatic rings. The SMILES string of the molecule is CCCCCCCCCCCCCCCCCC(=O)OC[C@@H](COC(=O)CCCCCCCCCCCCCCCCCCCCC(C)C)OC(=O)CCCCCCCCCCCCCC(C)C. The minimum atomic E-state index is -0.763. The molecule has 6 heteroatoms. The number of carbonyl (C=O) groups excluding carboxylic acids is 3. The summed E-state index contributed by atoms with van der Waals surface area (Å²) in [6.07, 6.45) is 59.6. The van der Waals surface area contributed by atoms with E-state index < -0.39 is 6.10 Å². The molecule has 0 heterocycles. The van der Waals surface area contributed by atoms with Crippen LogP contribution in [0.1, 0.15) is 349 Å². The van der Waals surface area contributed by atoms with Crippen molar-refractivity contribution in [2.24, 2.45) is 11.8 Å². The zero-order valence-electron chi connectivity index (χ0n) is 46.7. The Morgan fingerprint density at radius 2 is 0.485 bits per heavy atom. The molecule has 0 bridgehead atoms. The average Bonchev–Trinajstić information content (AvgIpc) is 3.31. The molecule has 0 saturated heterocycles. The van der Waals surface area contributed by atoms with Crippen molar-refractivity contribution in [2.75, 3.05) is 13.2 Å².